The van der Waals surface area contributed by atoms with Gasteiger partial charge in [0.05, 0.1) is 18.8 Å². The highest BCUT2D eigenvalue weighted by Crippen LogP contribution is 2.28. The number of rotatable bonds is 5. The van der Waals surface area contributed by atoms with E-state index in [-0.39, 0.29) is 6.61 Å². The lowest BCUT2D eigenvalue weighted by atomic mass is 9.84. The van der Waals surface area contributed by atoms with Gasteiger partial charge >= 0.3 is 6.09 Å². The molecule has 0 spiro atoms. The lowest BCUT2D eigenvalue weighted by molar-refractivity contribution is 0.0267. The maximum absolute atomic E-state index is 11.8. The van der Waals surface area contributed by atoms with Gasteiger partial charge in [-0.05, 0) is 33.1 Å². The van der Waals surface area contributed by atoms with E-state index in [4.69, 9.17) is 9.84 Å². The molecule has 0 aromatic carbocycles. The van der Waals surface area contributed by atoms with E-state index in [1.165, 1.54) is 19.3 Å². The van der Waals surface area contributed by atoms with Crippen molar-refractivity contribution < 1.29 is 19.7 Å². The summed E-state index contributed by atoms with van der Waals surface area (Å²) in [6, 6.07) is -0.446. The fourth-order valence-corrected chi connectivity index (χ4v) is 2.68. The van der Waals surface area contributed by atoms with Crippen molar-refractivity contribution in [3.8, 4) is 0 Å². The highest BCUT2D eigenvalue weighted by Gasteiger charge is 2.27. The van der Waals surface area contributed by atoms with E-state index < -0.39 is 23.8 Å². The van der Waals surface area contributed by atoms with E-state index in [1.54, 1.807) is 20.8 Å². The molecule has 2 unspecified atom stereocenters. The van der Waals surface area contributed by atoms with Crippen LogP contribution < -0.4 is 5.32 Å². The number of hydrogen-bond acceptors (Lipinski definition) is 4. The Morgan fingerprint density at radius 2 is 1.90 bits per heavy atom. The van der Waals surface area contributed by atoms with Crippen LogP contribution in [0, 0.1) is 5.92 Å². The molecule has 2 atom stereocenters. The molecule has 0 heterocycles. The zero-order chi connectivity index (χ0) is 15.2. The van der Waals surface area contributed by atoms with Gasteiger partial charge in [0, 0.05) is 0 Å². The van der Waals surface area contributed by atoms with Crippen molar-refractivity contribution in [2.45, 2.75) is 77.0 Å². The van der Waals surface area contributed by atoms with Gasteiger partial charge in [-0.1, -0.05) is 32.1 Å². The van der Waals surface area contributed by atoms with Gasteiger partial charge in [0.25, 0.3) is 0 Å². The molecule has 1 aliphatic carbocycles. The van der Waals surface area contributed by atoms with Gasteiger partial charge in [0.2, 0.25) is 0 Å². The van der Waals surface area contributed by atoms with Crippen LogP contribution in [0.25, 0.3) is 0 Å². The average Bonchev–Trinajstić information content (AvgIpc) is 2.36. The molecule has 1 fully saturated rings. The van der Waals surface area contributed by atoms with Crippen LogP contribution in [0.3, 0.4) is 0 Å². The van der Waals surface area contributed by atoms with Crippen LogP contribution in [-0.2, 0) is 4.74 Å². The molecule has 5 heteroatoms. The number of hydrogen-bond donors (Lipinski definition) is 3. The quantitative estimate of drug-likeness (QED) is 0.724. The summed E-state index contributed by atoms with van der Waals surface area (Å²) in [5, 5.41) is 21.7. The number of aliphatic hydroxyl groups is 2. The zero-order valence-corrected chi connectivity index (χ0v) is 12.9. The number of aliphatic hydroxyl groups excluding tert-OH is 2. The number of ether oxygens (including phenoxy) is 1. The van der Waals surface area contributed by atoms with Gasteiger partial charge in [-0.15, -0.1) is 0 Å². The second kappa shape index (κ2) is 7.84. The minimum absolute atomic E-state index is 0.354. The number of carbonyl (C=O) groups is 1. The highest BCUT2D eigenvalue weighted by molar-refractivity contribution is 5.68. The maximum Gasteiger partial charge on any atom is 0.407 e. The van der Waals surface area contributed by atoms with Crippen LogP contribution in [0.4, 0.5) is 4.79 Å². The molecule has 1 rings (SSSR count). The molecule has 20 heavy (non-hydrogen) atoms. The molecular formula is C15H29NO4. The van der Waals surface area contributed by atoms with Gasteiger partial charge < -0.3 is 20.3 Å². The largest absolute Gasteiger partial charge is 0.444 e. The summed E-state index contributed by atoms with van der Waals surface area (Å²) in [5.41, 5.74) is -0.566. The Bertz CT molecular complexity index is 295. The van der Waals surface area contributed by atoms with E-state index in [2.05, 4.69) is 5.32 Å². The first-order valence-corrected chi connectivity index (χ1v) is 7.60. The Morgan fingerprint density at radius 3 is 2.40 bits per heavy atom. The van der Waals surface area contributed by atoms with Crippen LogP contribution in [0.5, 0.6) is 0 Å². The van der Waals surface area contributed by atoms with Crippen molar-refractivity contribution in [1.29, 1.82) is 0 Å². The molecule has 0 aromatic heterocycles. The van der Waals surface area contributed by atoms with E-state index in [9.17, 15) is 9.90 Å². The fraction of sp³-hybridized carbons (Fsp3) is 0.933. The van der Waals surface area contributed by atoms with Crippen molar-refractivity contribution >= 4 is 6.09 Å². The Kier molecular flexibility index (Phi) is 6.76. The summed E-state index contributed by atoms with van der Waals surface area (Å²) in [4.78, 5) is 11.8. The molecule has 0 aliphatic heterocycles. The Morgan fingerprint density at radius 1 is 1.30 bits per heavy atom. The number of nitrogens with one attached hydrogen (secondary N) is 1. The summed E-state index contributed by atoms with van der Waals surface area (Å²) in [6.07, 6.45) is 5.16. The van der Waals surface area contributed by atoms with Crippen LogP contribution in [-0.4, -0.2) is 40.7 Å². The second-order valence-corrected chi connectivity index (χ2v) is 6.74. The van der Waals surface area contributed by atoms with E-state index in [0.29, 0.717) is 12.3 Å². The summed E-state index contributed by atoms with van der Waals surface area (Å²) < 4.78 is 5.21. The van der Waals surface area contributed by atoms with Crippen molar-refractivity contribution in [2.24, 2.45) is 5.92 Å². The lowest BCUT2D eigenvalue weighted by Crippen LogP contribution is -2.47. The summed E-state index contributed by atoms with van der Waals surface area (Å²) in [7, 11) is 0. The normalized spacial score (nSPS) is 20.2. The van der Waals surface area contributed by atoms with Gasteiger partial charge in [0.1, 0.15) is 5.60 Å². The third-order valence-electron chi connectivity index (χ3n) is 3.67. The molecule has 0 saturated heterocycles. The monoisotopic (exact) mass is 287 g/mol. The van der Waals surface area contributed by atoms with Crippen molar-refractivity contribution in [2.75, 3.05) is 6.61 Å². The average molecular weight is 287 g/mol. The zero-order valence-electron chi connectivity index (χ0n) is 12.9. The smallest absolute Gasteiger partial charge is 0.407 e. The molecule has 1 amide bonds. The number of carbonyl (C=O) groups excluding carboxylic acids is 1. The minimum Gasteiger partial charge on any atom is -0.444 e. The van der Waals surface area contributed by atoms with Crippen LogP contribution in [0.2, 0.25) is 0 Å². The van der Waals surface area contributed by atoms with Crippen LogP contribution in [0.1, 0.15) is 59.3 Å². The summed E-state index contributed by atoms with van der Waals surface area (Å²) in [5.74, 6) is 0.505. The molecule has 0 aromatic rings. The molecule has 1 saturated carbocycles. The predicted octanol–water partition coefficient (Wildman–Crippen LogP) is 2.20. The summed E-state index contributed by atoms with van der Waals surface area (Å²) in [6.45, 7) is 5.04. The van der Waals surface area contributed by atoms with Crippen molar-refractivity contribution in [3.63, 3.8) is 0 Å². The van der Waals surface area contributed by atoms with Gasteiger partial charge in [-0.3, -0.25) is 0 Å². The second-order valence-electron chi connectivity index (χ2n) is 6.74. The van der Waals surface area contributed by atoms with Crippen LogP contribution in [0.15, 0.2) is 0 Å². The number of amides is 1. The van der Waals surface area contributed by atoms with Crippen LogP contribution >= 0.6 is 0 Å². The predicted molar refractivity (Wildman–Crippen MR) is 77.4 cm³/mol. The first kappa shape index (κ1) is 17.2. The molecular weight excluding hydrogens is 258 g/mol. The molecule has 5 nitrogen and oxygen atoms in total. The molecule has 118 valence electrons. The maximum atomic E-state index is 11.8. The Labute approximate surface area is 121 Å². The van der Waals surface area contributed by atoms with Gasteiger partial charge in [-0.2, -0.15) is 0 Å². The Balaban J connectivity index is 2.52. The SMILES string of the molecule is CC(C)(C)OC(=O)NC(CC1CCCCC1)C(O)CO. The molecule has 3 N–H and O–H groups in total. The third-order valence-corrected chi connectivity index (χ3v) is 3.67. The molecule has 1 aliphatic rings. The number of alkyl carbamates (subject to hydrolysis) is 1. The lowest BCUT2D eigenvalue weighted by Gasteiger charge is -2.30. The fourth-order valence-electron chi connectivity index (χ4n) is 2.68. The third kappa shape index (κ3) is 6.57. The van der Waals surface area contributed by atoms with Crippen molar-refractivity contribution in [1.82, 2.24) is 5.32 Å². The van der Waals surface area contributed by atoms with Crippen molar-refractivity contribution in [3.05, 3.63) is 0 Å². The van der Waals surface area contributed by atoms with E-state index in [1.807, 2.05) is 0 Å². The first-order valence-electron chi connectivity index (χ1n) is 7.60. The molecule has 0 radical (unpaired) electrons. The topological polar surface area (TPSA) is 78.8 Å². The first-order chi connectivity index (χ1) is 9.31. The highest BCUT2D eigenvalue weighted by atomic mass is 16.6. The standard InChI is InChI=1S/C15H29NO4/c1-15(2,3)20-14(19)16-12(13(18)10-17)9-11-7-5-4-6-8-11/h11-13,17-18H,4-10H2,1-3H3,(H,16,19). The van der Waals surface area contributed by atoms with Gasteiger partial charge in [0.15, 0.2) is 0 Å². The van der Waals surface area contributed by atoms with E-state index >= 15 is 0 Å². The minimum atomic E-state index is -0.940. The Hall–Kier alpha value is -0.810. The van der Waals surface area contributed by atoms with E-state index in [0.717, 1.165) is 12.8 Å². The van der Waals surface area contributed by atoms with Gasteiger partial charge in [-0.25, -0.2) is 4.79 Å². The molecule has 0 bridgehead atoms. The summed E-state index contributed by atoms with van der Waals surface area (Å²) >= 11 is 0.